The molecule has 4 heteroatoms. The highest BCUT2D eigenvalue weighted by Gasteiger charge is 2.31. The second-order valence-corrected chi connectivity index (χ2v) is 5.50. The van der Waals surface area contributed by atoms with Crippen molar-refractivity contribution in [3.63, 3.8) is 0 Å². The van der Waals surface area contributed by atoms with Crippen LogP contribution in [0.15, 0.2) is 0 Å². The molecule has 2 N–H and O–H groups in total. The molecule has 0 aromatic heterocycles. The van der Waals surface area contributed by atoms with E-state index in [1.54, 1.807) is 14.2 Å². The Kier molecular flexibility index (Phi) is 7.82. The van der Waals surface area contributed by atoms with Crippen molar-refractivity contribution >= 4 is 0 Å². The maximum absolute atomic E-state index is 5.95. The van der Waals surface area contributed by atoms with Gasteiger partial charge in [0.25, 0.3) is 0 Å². The predicted molar refractivity (Wildman–Crippen MR) is 74.7 cm³/mol. The van der Waals surface area contributed by atoms with Gasteiger partial charge in [-0.1, -0.05) is 13.3 Å². The normalized spacial score (nSPS) is 28.8. The van der Waals surface area contributed by atoms with Crippen LogP contribution < -0.4 is 5.73 Å². The van der Waals surface area contributed by atoms with Crippen LogP contribution in [-0.4, -0.2) is 58.0 Å². The van der Waals surface area contributed by atoms with E-state index in [1.807, 2.05) is 0 Å². The average molecular weight is 258 g/mol. The van der Waals surface area contributed by atoms with Crippen molar-refractivity contribution in [1.29, 1.82) is 0 Å². The van der Waals surface area contributed by atoms with Crippen molar-refractivity contribution in [1.82, 2.24) is 4.90 Å². The third kappa shape index (κ3) is 4.84. The van der Waals surface area contributed by atoms with E-state index in [0.717, 1.165) is 38.8 Å². The zero-order chi connectivity index (χ0) is 13.4. The van der Waals surface area contributed by atoms with Crippen LogP contribution in [0.25, 0.3) is 0 Å². The highest BCUT2D eigenvalue weighted by Crippen LogP contribution is 2.31. The molecule has 1 saturated carbocycles. The van der Waals surface area contributed by atoms with Crippen LogP contribution in [-0.2, 0) is 9.47 Å². The van der Waals surface area contributed by atoms with Crippen LogP contribution in [0.3, 0.4) is 0 Å². The quantitative estimate of drug-likeness (QED) is 0.714. The van der Waals surface area contributed by atoms with Gasteiger partial charge in [0.15, 0.2) is 0 Å². The number of hydrogen-bond acceptors (Lipinski definition) is 4. The minimum absolute atomic E-state index is 0.601. The molecule has 0 radical (unpaired) electrons. The summed E-state index contributed by atoms with van der Waals surface area (Å²) < 4.78 is 10.5. The molecule has 1 rings (SSSR count). The summed E-state index contributed by atoms with van der Waals surface area (Å²) in [5.74, 6) is 1.44. The number of nitrogens with two attached hydrogens (primary N) is 1. The fourth-order valence-electron chi connectivity index (χ4n) is 3.00. The molecule has 0 heterocycles. The van der Waals surface area contributed by atoms with Crippen molar-refractivity contribution in [2.75, 3.05) is 47.1 Å². The molecule has 0 amide bonds. The topological polar surface area (TPSA) is 47.7 Å². The van der Waals surface area contributed by atoms with E-state index >= 15 is 0 Å². The lowest BCUT2D eigenvalue weighted by Gasteiger charge is -2.41. The third-order valence-corrected chi connectivity index (χ3v) is 4.16. The zero-order valence-corrected chi connectivity index (χ0v) is 12.2. The van der Waals surface area contributed by atoms with E-state index in [-0.39, 0.29) is 0 Å². The molecule has 0 bridgehead atoms. The number of nitrogens with zero attached hydrogens (tertiary/aromatic N) is 1. The Morgan fingerprint density at radius 3 is 2.22 bits per heavy atom. The van der Waals surface area contributed by atoms with E-state index in [4.69, 9.17) is 15.2 Å². The van der Waals surface area contributed by atoms with Crippen LogP contribution in [0.1, 0.15) is 26.2 Å². The van der Waals surface area contributed by atoms with Crippen LogP contribution in [0, 0.1) is 11.8 Å². The molecular formula is C14H30N2O2. The second kappa shape index (κ2) is 8.86. The first-order valence-electron chi connectivity index (χ1n) is 7.14. The van der Waals surface area contributed by atoms with E-state index < -0.39 is 0 Å². The van der Waals surface area contributed by atoms with Gasteiger partial charge in [-0.05, 0) is 31.2 Å². The van der Waals surface area contributed by atoms with Gasteiger partial charge < -0.3 is 15.2 Å². The van der Waals surface area contributed by atoms with Gasteiger partial charge in [0.1, 0.15) is 0 Å². The molecule has 1 fully saturated rings. The largest absolute Gasteiger partial charge is 0.383 e. The SMILES string of the molecule is COCCN(CCOC)C1CC(C)CCC1CN. The molecule has 18 heavy (non-hydrogen) atoms. The van der Waals surface area contributed by atoms with Crippen LogP contribution >= 0.6 is 0 Å². The van der Waals surface area contributed by atoms with Gasteiger partial charge in [0.2, 0.25) is 0 Å². The summed E-state index contributed by atoms with van der Waals surface area (Å²) in [6, 6.07) is 0.601. The second-order valence-electron chi connectivity index (χ2n) is 5.50. The fourth-order valence-corrected chi connectivity index (χ4v) is 3.00. The van der Waals surface area contributed by atoms with Crippen molar-refractivity contribution < 1.29 is 9.47 Å². The van der Waals surface area contributed by atoms with Gasteiger partial charge in [0.05, 0.1) is 13.2 Å². The molecule has 4 nitrogen and oxygen atoms in total. The summed E-state index contributed by atoms with van der Waals surface area (Å²) in [4.78, 5) is 2.51. The first-order valence-corrected chi connectivity index (χ1v) is 7.14. The Labute approximate surface area is 112 Å². The third-order valence-electron chi connectivity index (χ3n) is 4.16. The Morgan fingerprint density at radius 2 is 1.72 bits per heavy atom. The van der Waals surface area contributed by atoms with Crippen LogP contribution in [0.5, 0.6) is 0 Å². The smallest absolute Gasteiger partial charge is 0.0589 e. The number of methoxy groups -OCH3 is 2. The number of hydrogen-bond donors (Lipinski definition) is 1. The van der Waals surface area contributed by atoms with Crippen molar-refractivity contribution in [3.05, 3.63) is 0 Å². The zero-order valence-electron chi connectivity index (χ0n) is 12.2. The molecule has 0 spiro atoms. The Hall–Kier alpha value is -0.160. The molecule has 108 valence electrons. The lowest BCUT2D eigenvalue weighted by atomic mass is 9.78. The standard InChI is InChI=1S/C14H30N2O2/c1-12-4-5-13(11-15)14(10-12)16(6-8-17-2)7-9-18-3/h12-14H,4-11,15H2,1-3H3. The number of rotatable bonds is 8. The molecule has 0 aliphatic heterocycles. The summed E-state index contributed by atoms with van der Waals surface area (Å²) in [5.41, 5.74) is 5.95. The van der Waals surface area contributed by atoms with Gasteiger partial charge >= 0.3 is 0 Å². The van der Waals surface area contributed by atoms with Crippen molar-refractivity contribution in [2.45, 2.75) is 32.2 Å². The van der Waals surface area contributed by atoms with Crippen LogP contribution in [0.4, 0.5) is 0 Å². The Morgan fingerprint density at radius 1 is 1.11 bits per heavy atom. The summed E-state index contributed by atoms with van der Waals surface area (Å²) in [5, 5.41) is 0. The maximum Gasteiger partial charge on any atom is 0.0589 e. The predicted octanol–water partition coefficient (Wildman–Crippen LogP) is 1.34. The van der Waals surface area contributed by atoms with Gasteiger partial charge in [-0.3, -0.25) is 4.90 Å². The lowest BCUT2D eigenvalue weighted by Crippen LogP contribution is -2.48. The fraction of sp³-hybridized carbons (Fsp3) is 1.00. The molecule has 3 unspecified atom stereocenters. The molecule has 1 aliphatic rings. The first-order chi connectivity index (χ1) is 8.72. The first kappa shape index (κ1) is 15.9. The van der Waals surface area contributed by atoms with Gasteiger partial charge in [-0.25, -0.2) is 0 Å². The summed E-state index contributed by atoms with van der Waals surface area (Å²) >= 11 is 0. The molecule has 0 aromatic rings. The molecule has 3 atom stereocenters. The van der Waals surface area contributed by atoms with E-state index in [0.29, 0.717) is 12.0 Å². The minimum atomic E-state index is 0.601. The summed E-state index contributed by atoms with van der Waals surface area (Å²) in [6.45, 7) is 6.68. The molecular weight excluding hydrogens is 228 g/mol. The van der Waals surface area contributed by atoms with Crippen LogP contribution in [0.2, 0.25) is 0 Å². The highest BCUT2D eigenvalue weighted by atomic mass is 16.5. The maximum atomic E-state index is 5.95. The average Bonchev–Trinajstić information content (AvgIpc) is 2.39. The highest BCUT2D eigenvalue weighted by molar-refractivity contribution is 4.86. The lowest BCUT2D eigenvalue weighted by molar-refractivity contribution is 0.0401. The van der Waals surface area contributed by atoms with E-state index in [9.17, 15) is 0 Å². The van der Waals surface area contributed by atoms with Crippen molar-refractivity contribution in [3.8, 4) is 0 Å². The van der Waals surface area contributed by atoms with E-state index in [2.05, 4.69) is 11.8 Å². The van der Waals surface area contributed by atoms with E-state index in [1.165, 1.54) is 19.3 Å². The minimum Gasteiger partial charge on any atom is -0.383 e. The molecule has 1 aliphatic carbocycles. The van der Waals surface area contributed by atoms with Gasteiger partial charge in [0, 0.05) is 33.4 Å². The molecule has 0 aromatic carbocycles. The van der Waals surface area contributed by atoms with Crippen molar-refractivity contribution in [2.24, 2.45) is 17.6 Å². The summed E-state index contributed by atoms with van der Waals surface area (Å²) in [7, 11) is 3.52. The Bertz CT molecular complexity index is 206. The Balaban J connectivity index is 2.59. The number of ether oxygens (including phenoxy) is 2. The van der Waals surface area contributed by atoms with Gasteiger partial charge in [-0.15, -0.1) is 0 Å². The monoisotopic (exact) mass is 258 g/mol. The molecule has 0 saturated heterocycles. The van der Waals surface area contributed by atoms with Gasteiger partial charge in [-0.2, -0.15) is 0 Å². The summed E-state index contributed by atoms with van der Waals surface area (Å²) in [6.07, 6.45) is 3.84.